The van der Waals surface area contributed by atoms with E-state index in [4.69, 9.17) is 0 Å². The molecule has 2 N–H and O–H groups in total. The van der Waals surface area contributed by atoms with E-state index in [2.05, 4.69) is 45.9 Å². The van der Waals surface area contributed by atoms with Gasteiger partial charge in [-0.05, 0) is 43.5 Å². The molecule has 2 aromatic rings. The fraction of sp³-hybridized carbons (Fsp3) is 0.381. The third kappa shape index (κ3) is 4.83. The van der Waals surface area contributed by atoms with Crippen LogP contribution in [0.2, 0.25) is 0 Å². The van der Waals surface area contributed by atoms with Gasteiger partial charge in [0.2, 0.25) is 0 Å². The smallest absolute Gasteiger partial charge is 0.251 e. The predicted octanol–water partition coefficient (Wildman–Crippen LogP) is 2.98. The number of carbonyl (C=O) groups is 1. The Balaban J connectivity index is 1.35. The first-order chi connectivity index (χ1) is 12.2. The minimum atomic E-state index is 0.0128. The molecule has 0 aliphatic carbocycles. The lowest BCUT2D eigenvalue weighted by Gasteiger charge is -2.34. The average Bonchev–Trinajstić information content (AvgIpc) is 2.66. The van der Waals surface area contributed by atoms with Crippen molar-refractivity contribution in [1.82, 2.24) is 10.6 Å². The average molecular weight is 337 g/mol. The molecule has 0 atom stereocenters. The van der Waals surface area contributed by atoms with Crippen LogP contribution in [0.15, 0.2) is 54.6 Å². The standard InChI is InChI=1S/C21H27N3O/c1-17-7-5-6-10-20(17)21(25)23-14-13-22-18-11-15-24(16-12-18)19-8-3-2-4-9-19/h2-10,18,22H,11-16H2,1H3,(H,23,25). The van der Waals surface area contributed by atoms with Crippen LogP contribution >= 0.6 is 0 Å². The summed E-state index contributed by atoms with van der Waals surface area (Å²) in [4.78, 5) is 14.6. The number of rotatable bonds is 6. The van der Waals surface area contributed by atoms with E-state index in [-0.39, 0.29) is 5.91 Å². The van der Waals surface area contributed by atoms with Crippen LogP contribution < -0.4 is 15.5 Å². The number of hydrogen-bond donors (Lipinski definition) is 2. The number of anilines is 1. The molecule has 1 heterocycles. The fourth-order valence-electron chi connectivity index (χ4n) is 3.36. The molecule has 1 aliphatic heterocycles. The van der Waals surface area contributed by atoms with E-state index >= 15 is 0 Å². The van der Waals surface area contributed by atoms with Crippen molar-refractivity contribution in [1.29, 1.82) is 0 Å². The van der Waals surface area contributed by atoms with Gasteiger partial charge in [-0.1, -0.05) is 36.4 Å². The third-order valence-electron chi connectivity index (χ3n) is 4.85. The highest BCUT2D eigenvalue weighted by molar-refractivity contribution is 5.95. The summed E-state index contributed by atoms with van der Waals surface area (Å²) in [5.74, 6) is 0.0128. The van der Waals surface area contributed by atoms with Gasteiger partial charge in [0.25, 0.3) is 5.91 Å². The summed E-state index contributed by atoms with van der Waals surface area (Å²) in [6.45, 7) is 5.60. The molecular formula is C21H27N3O. The number of nitrogens with one attached hydrogen (secondary N) is 2. The van der Waals surface area contributed by atoms with Crippen molar-refractivity contribution in [2.45, 2.75) is 25.8 Å². The van der Waals surface area contributed by atoms with E-state index in [1.807, 2.05) is 31.2 Å². The van der Waals surface area contributed by atoms with Crippen molar-refractivity contribution < 1.29 is 4.79 Å². The minimum Gasteiger partial charge on any atom is -0.371 e. The molecule has 1 amide bonds. The molecule has 1 aliphatic rings. The second-order valence-electron chi connectivity index (χ2n) is 6.62. The Hall–Kier alpha value is -2.33. The van der Waals surface area contributed by atoms with Gasteiger partial charge in [-0.25, -0.2) is 0 Å². The first-order valence-electron chi connectivity index (χ1n) is 9.11. The lowest BCUT2D eigenvalue weighted by molar-refractivity contribution is 0.0953. The maximum absolute atomic E-state index is 12.2. The van der Waals surface area contributed by atoms with Crippen molar-refractivity contribution in [3.05, 3.63) is 65.7 Å². The van der Waals surface area contributed by atoms with E-state index < -0.39 is 0 Å². The van der Waals surface area contributed by atoms with Gasteiger partial charge in [-0.2, -0.15) is 0 Å². The number of piperidine rings is 1. The number of para-hydroxylation sites is 1. The second kappa shape index (κ2) is 8.67. The molecule has 25 heavy (non-hydrogen) atoms. The van der Waals surface area contributed by atoms with Crippen LogP contribution in [0, 0.1) is 6.92 Å². The third-order valence-corrected chi connectivity index (χ3v) is 4.85. The van der Waals surface area contributed by atoms with Crippen molar-refractivity contribution in [3.8, 4) is 0 Å². The molecule has 0 spiro atoms. The van der Waals surface area contributed by atoms with Crippen molar-refractivity contribution in [2.24, 2.45) is 0 Å². The molecule has 1 saturated heterocycles. The van der Waals surface area contributed by atoms with Crippen molar-refractivity contribution in [2.75, 3.05) is 31.1 Å². The van der Waals surface area contributed by atoms with E-state index in [0.717, 1.165) is 43.6 Å². The molecule has 2 aromatic carbocycles. The van der Waals surface area contributed by atoms with Crippen molar-refractivity contribution in [3.63, 3.8) is 0 Å². The Morgan fingerprint density at radius 2 is 1.68 bits per heavy atom. The second-order valence-corrected chi connectivity index (χ2v) is 6.62. The summed E-state index contributed by atoms with van der Waals surface area (Å²) in [5.41, 5.74) is 3.09. The van der Waals surface area contributed by atoms with Gasteiger partial charge in [-0.3, -0.25) is 4.79 Å². The molecule has 4 nitrogen and oxygen atoms in total. The summed E-state index contributed by atoms with van der Waals surface area (Å²) < 4.78 is 0. The Morgan fingerprint density at radius 3 is 2.40 bits per heavy atom. The minimum absolute atomic E-state index is 0.0128. The zero-order valence-corrected chi connectivity index (χ0v) is 14.9. The lowest BCUT2D eigenvalue weighted by Crippen LogP contribution is -2.44. The number of nitrogens with zero attached hydrogens (tertiary/aromatic N) is 1. The molecule has 0 aromatic heterocycles. The first kappa shape index (κ1) is 17.5. The molecule has 3 rings (SSSR count). The van der Waals surface area contributed by atoms with E-state index in [9.17, 15) is 4.79 Å². The normalized spacial score (nSPS) is 15.2. The highest BCUT2D eigenvalue weighted by Gasteiger charge is 2.18. The summed E-state index contributed by atoms with van der Waals surface area (Å²) >= 11 is 0. The number of benzene rings is 2. The van der Waals surface area contributed by atoms with Gasteiger partial charge in [0, 0.05) is 43.5 Å². The van der Waals surface area contributed by atoms with Gasteiger partial charge in [-0.15, -0.1) is 0 Å². The molecule has 0 unspecified atom stereocenters. The number of aryl methyl sites for hydroxylation is 1. The zero-order valence-electron chi connectivity index (χ0n) is 14.9. The zero-order chi connectivity index (χ0) is 17.5. The van der Waals surface area contributed by atoms with Crippen LogP contribution in [0.3, 0.4) is 0 Å². The Kier molecular flexibility index (Phi) is 6.07. The van der Waals surface area contributed by atoms with Gasteiger partial charge in [0.05, 0.1) is 0 Å². The lowest BCUT2D eigenvalue weighted by atomic mass is 10.0. The van der Waals surface area contributed by atoms with Gasteiger partial charge in [0.1, 0.15) is 0 Å². The topological polar surface area (TPSA) is 44.4 Å². The van der Waals surface area contributed by atoms with Crippen LogP contribution in [-0.2, 0) is 0 Å². The molecule has 132 valence electrons. The highest BCUT2D eigenvalue weighted by atomic mass is 16.1. The van der Waals surface area contributed by atoms with Crippen LogP contribution in [0.5, 0.6) is 0 Å². The highest BCUT2D eigenvalue weighted by Crippen LogP contribution is 2.19. The maximum atomic E-state index is 12.2. The molecule has 0 bridgehead atoms. The number of carbonyl (C=O) groups excluding carboxylic acids is 1. The van der Waals surface area contributed by atoms with E-state index in [0.29, 0.717) is 12.6 Å². The maximum Gasteiger partial charge on any atom is 0.251 e. The summed E-state index contributed by atoms with van der Waals surface area (Å²) in [6.07, 6.45) is 2.28. The van der Waals surface area contributed by atoms with E-state index in [1.54, 1.807) is 0 Å². The van der Waals surface area contributed by atoms with E-state index in [1.165, 1.54) is 5.69 Å². The Morgan fingerprint density at radius 1 is 1.00 bits per heavy atom. The van der Waals surface area contributed by atoms with Gasteiger partial charge < -0.3 is 15.5 Å². The fourth-order valence-corrected chi connectivity index (χ4v) is 3.36. The largest absolute Gasteiger partial charge is 0.371 e. The Bertz CT molecular complexity index is 679. The van der Waals surface area contributed by atoms with Gasteiger partial charge in [0.15, 0.2) is 0 Å². The molecule has 0 radical (unpaired) electrons. The van der Waals surface area contributed by atoms with Gasteiger partial charge >= 0.3 is 0 Å². The predicted molar refractivity (Wildman–Crippen MR) is 103 cm³/mol. The quantitative estimate of drug-likeness (QED) is 0.797. The summed E-state index contributed by atoms with van der Waals surface area (Å²) in [6, 6.07) is 18.8. The first-order valence-corrected chi connectivity index (χ1v) is 9.11. The molecule has 1 fully saturated rings. The monoisotopic (exact) mass is 337 g/mol. The van der Waals surface area contributed by atoms with Crippen LogP contribution in [0.1, 0.15) is 28.8 Å². The SMILES string of the molecule is Cc1ccccc1C(=O)NCCNC1CCN(c2ccccc2)CC1. The summed E-state index contributed by atoms with van der Waals surface area (Å²) in [5, 5.41) is 6.58. The van der Waals surface area contributed by atoms with Crippen molar-refractivity contribution >= 4 is 11.6 Å². The molecule has 0 saturated carbocycles. The van der Waals surface area contributed by atoms with Crippen LogP contribution in [-0.4, -0.2) is 38.1 Å². The number of amides is 1. The summed E-state index contributed by atoms with van der Waals surface area (Å²) in [7, 11) is 0. The number of hydrogen-bond acceptors (Lipinski definition) is 3. The van der Waals surface area contributed by atoms with Crippen LogP contribution in [0.4, 0.5) is 5.69 Å². The Labute approximate surface area is 150 Å². The molecular weight excluding hydrogens is 310 g/mol. The van der Waals surface area contributed by atoms with Crippen LogP contribution in [0.25, 0.3) is 0 Å². The molecule has 4 heteroatoms.